The molecule has 0 spiro atoms. The summed E-state index contributed by atoms with van der Waals surface area (Å²) in [6.07, 6.45) is 4.47. The van der Waals surface area contributed by atoms with Crippen molar-refractivity contribution in [2.75, 3.05) is 10.6 Å². The van der Waals surface area contributed by atoms with Crippen molar-refractivity contribution in [2.24, 2.45) is 0 Å². The van der Waals surface area contributed by atoms with Gasteiger partial charge in [-0.05, 0) is 66.8 Å². The van der Waals surface area contributed by atoms with Crippen molar-refractivity contribution in [1.82, 2.24) is 5.32 Å². The molecule has 0 radical (unpaired) electrons. The topological polar surface area (TPSA) is 66.3 Å². The van der Waals surface area contributed by atoms with Crippen molar-refractivity contribution in [3.8, 4) is 0 Å². The van der Waals surface area contributed by atoms with Gasteiger partial charge in [0.15, 0.2) is 5.11 Å². The number of anilines is 3. The van der Waals surface area contributed by atoms with Gasteiger partial charge >= 0.3 is 0 Å². The number of nitrogens with one attached hydrogen (secondary N) is 3. The molecule has 0 saturated carbocycles. The van der Waals surface area contributed by atoms with E-state index in [-0.39, 0.29) is 11.0 Å². The first kappa shape index (κ1) is 17.4. The standard InChI is InChI=1S/C20H17N3O2S/c24-19(13-12-18-7-4-14-25-18)23-20(26)22-17-10-8-16(9-11-17)21-15-5-2-1-3-6-15/h1-14,21H,(H2,22,23,24,26). The zero-order chi connectivity index (χ0) is 18.2. The Kier molecular flexibility index (Phi) is 5.80. The maximum atomic E-state index is 11.8. The number of carbonyl (C=O) groups excluding carboxylic acids is 1. The van der Waals surface area contributed by atoms with Crippen LogP contribution in [0.25, 0.3) is 6.08 Å². The third kappa shape index (κ3) is 5.32. The molecule has 0 atom stereocenters. The third-order valence-electron chi connectivity index (χ3n) is 3.38. The summed E-state index contributed by atoms with van der Waals surface area (Å²) in [6, 6.07) is 21.0. The summed E-state index contributed by atoms with van der Waals surface area (Å²) in [4.78, 5) is 11.8. The number of amides is 1. The van der Waals surface area contributed by atoms with Crippen molar-refractivity contribution in [3.05, 3.63) is 84.8 Å². The number of hydrogen-bond acceptors (Lipinski definition) is 4. The van der Waals surface area contributed by atoms with Crippen LogP contribution in [-0.4, -0.2) is 11.0 Å². The predicted octanol–water partition coefficient (Wildman–Crippen LogP) is 4.55. The summed E-state index contributed by atoms with van der Waals surface area (Å²) >= 11 is 5.15. The highest BCUT2D eigenvalue weighted by atomic mass is 32.1. The molecule has 6 heteroatoms. The highest BCUT2D eigenvalue weighted by molar-refractivity contribution is 7.80. The number of hydrogen-bond donors (Lipinski definition) is 3. The molecule has 130 valence electrons. The second-order valence-corrected chi connectivity index (χ2v) is 5.77. The highest BCUT2D eigenvalue weighted by Crippen LogP contribution is 2.18. The molecule has 2 aromatic carbocycles. The van der Waals surface area contributed by atoms with Gasteiger partial charge in [-0.2, -0.15) is 0 Å². The average Bonchev–Trinajstić information content (AvgIpc) is 3.16. The number of para-hydroxylation sites is 1. The molecule has 0 unspecified atom stereocenters. The Labute approximate surface area is 156 Å². The minimum absolute atomic E-state index is 0.225. The Morgan fingerprint density at radius 1 is 0.885 bits per heavy atom. The fourth-order valence-corrected chi connectivity index (χ4v) is 2.40. The molecule has 0 fully saturated rings. The largest absolute Gasteiger partial charge is 0.465 e. The zero-order valence-electron chi connectivity index (χ0n) is 13.8. The van der Waals surface area contributed by atoms with Gasteiger partial charge in [0.05, 0.1) is 6.26 Å². The molecule has 0 aliphatic rings. The summed E-state index contributed by atoms with van der Waals surface area (Å²) in [5.41, 5.74) is 2.75. The molecular formula is C20H17N3O2S. The lowest BCUT2D eigenvalue weighted by molar-refractivity contribution is -0.115. The maximum Gasteiger partial charge on any atom is 0.250 e. The van der Waals surface area contributed by atoms with E-state index < -0.39 is 0 Å². The maximum absolute atomic E-state index is 11.8. The first-order valence-corrected chi connectivity index (χ1v) is 8.35. The molecule has 1 heterocycles. The van der Waals surface area contributed by atoms with Crippen LogP contribution < -0.4 is 16.0 Å². The number of carbonyl (C=O) groups is 1. The molecule has 0 aliphatic heterocycles. The summed E-state index contributed by atoms with van der Waals surface area (Å²) in [5.74, 6) is 0.266. The van der Waals surface area contributed by atoms with Gasteiger partial charge in [0, 0.05) is 23.1 Å². The molecule has 5 nitrogen and oxygen atoms in total. The zero-order valence-corrected chi connectivity index (χ0v) is 14.6. The average molecular weight is 363 g/mol. The van der Waals surface area contributed by atoms with Crippen LogP contribution in [0.5, 0.6) is 0 Å². The molecule has 1 aromatic heterocycles. The minimum atomic E-state index is -0.332. The molecule has 26 heavy (non-hydrogen) atoms. The van der Waals surface area contributed by atoms with Gasteiger partial charge in [-0.3, -0.25) is 10.1 Å². The summed E-state index contributed by atoms with van der Waals surface area (Å²) < 4.78 is 5.12. The van der Waals surface area contributed by atoms with Gasteiger partial charge in [0.2, 0.25) is 5.91 Å². The van der Waals surface area contributed by atoms with Crippen molar-refractivity contribution < 1.29 is 9.21 Å². The van der Waals surface area contributed by atoms with Crippen LogP contribution in [0.2, 0.25) is 0 Å². The lowest BCUT2D eigenvalue weighted by Gasteiger charge is -2.10. The van der Waals surface area contributed by atoms with Gasteiger partial charge in [-0.15, -0.1) is 0 Å². The molecular weight excluding hydrogens is 346 g/mol. The van der Waals surface area contributed by atoms with Crippen LogP contribution >= 0.6 is 12.2 Å². The minimum Gasteiger partial charge on any atom is -0.465 e. The molecule has 1 amide bonds. The molecule has 3 aromatic rings. The van der Waals surface area contributed by atoms with E-state index >= 15 is 0 Å². The summed E-state index contributed by atoms with van der Waals surface area (Å²) in [5, 5.41) is 9.08. The molecule has 0 bridgehead atoms. The number of furan rings is 1. The van der Waals surface area contributed by atoms with Crippen molar-refractivity contribution in [2.45, 2.75) is 0 Å². The summed E-state index contributed by atoms with van der Waals surface area (Å²) in [6.45, 7) is 0. The SMILES string of the molecule is O=C(C=Cc1ccco1)NC(=S)Nc1ccc(Nc2ccccc2)cc1. The lowest BCUT2D eigenvalue weighted by atomic mass is 10.2. The van der Waals surface area contributed by atoms with Crippen molar-refractivity contribution in [3.63, 3.8) is 0 Å². The molecule has 0 aliphatic carbocycles. The predicted molar refractivity (Wildman–Crippen MR) is 108 cm³/mol. The van der Waals surface area contributed by atoms with E-state index in [1.807, 2.05) is 54.6 Å². The molecule has 3 rings (SSSR count). The van der Waals surface area contributed by atoms with Gasteiger partial charge in [0.25, 0.3) is 0 Å². The van der Waals surface area contributed by atoms with E-state index in [0.29, 0.717) is 5.76 Å². The van der Waals surface area contributed by atoms with Gasteiger partial charge < -0.3 is 15.1 Å². The van der Waals surface area contributed by atoms with E-state index in [4.69, 9.17) is 16.6 Å². The number of benzene rings is 2. The van der Waals surface area contributed by atoms with Crippen molar-refractivity contribution >= 4 is 46.4 Å². The van der Waals surface area contributed by atoms with Crippen LogP contribution in [0.15, 0.2) is 83.5 Å². The van der Waals surface area contributed by atoms with E-state index in [9.17, 15) is 4.79 Å². The van der Waals surface area contributed by atoms with Crippen LogP contribution in [0, 0.1) is 0 Å². The van der Waals surface area contributed by atoms with Gasteiger partial charge in [-0.1, -0.05) is 18.2 Å². The van der Waals surface area contributed by atoms with E-state index in [2.05, 4.69) is 16.0 Å². The normalized spacial score (nSPS) is 10.5. The number of rotatable bonds is 5. The van der Waals surface area contributed by atoms with E-state index in [0.717, 1.165) is 17.1 Å². The fourth-order valence-electron chi connectivity index (χ4n) is 2.18. The highest BCUT2D eigenvalue weighted by Gasteiger charge is 2.02. The second-order valence-electron chi connectivity index (χ2n) is 5.36. The Morgan fingerprint density at radius 3 is 2.27 bits per heavy atom. The Morgan fingerprint density at radius 2 is 1.58 bits per heavy atom. The van der Waals surface area contributed by atoms with E-state index in [1.54, 1.807) is 24.5 Å². The van der Waals surface area contributed by atoms with Crippen molar-refractivity contribution in [1.29, 1.82) is 0 Å². The van der Waals surface area contributed by atoms with Gasteiger partial charge in [0.1, 0.15) is 5.76 Å². The molecule has 0 saturated heterocycles. The van der Waals surface area contributed by atoms with E-state index in [1.165, 1.54) is 6.08 Å². The first-order valence-electron chi connectivity index (χ1n) is 7.95. The first-order chi connectivity index (χ1) is 12.7. The number of thiocarbonyl (C=S) groups is 1. The third-order valence-corrected chi connectivity index (χ3v) is 3.59. The van der Waals surface area contributed by atoms with Crippen LogP contribution in [-0.2, 0) is 4.79 Å². The smallest absolute Gasteiger partial charge is 0.250 e. The second kappa shape index (κ2) is 8.64. The Bertz CT molecular complexity index is 889. The van der Waals surface area contributed by atoms with Crippen LogP contribution in [0.3, 0.4) is 0 Å². The Hall–Kier alpha value is -3.38. The molecule has 3 N–H and O–H groups in total. The quantitative estimate of drug-likeness (QED) is 0.458. The fraction of sp³-hybridized carbons (Fsp3) is 0. The Balaban J connectivity index is 1.50. The van der Waals surface area contributed by atoms with Crippen LogP contribution in [0.1, 0.15) is 5.76 Å². The van der Waals surface area contributed by atoms with Gasteiger partial charge in [-0.25, -0.2) is 0 Å². The lowest BCUT2D eigenvalue weighted by Crippen LogP contribution is -2.32. The monoisotopic (exact) mass is 363 g/mol. The van der Waals surface area contributed by atoms with Crippen LogP contribution in [0.4, 0.5) is 17.1 Å². The summed E-state index contributed by atoms with van der Waals surface area (Å²) in [7, 11) is 0.